The molecule has 6 heteroatoms. The number of para-hydroxylation sites is 2. The Kier molecular flexibility index (Phi) is 5.28. The van der Waals surface area contributed by atoms with Crippen molar-refractivity contribution in [2.75, 3.05) is 18.5 Å². The molecule has 0 bridgehead atoms. The summed E-state index contributed by atoms with van der Waals surface area (Å²) >= 11 is 0. The van der Waals surface area contributed by atoms with Crippen molar-refractivity contribution in [2.45, 2.75) is 18.9 Å². The lowest BCUT2D eigenvalue weighted by Crippen LogP contribution is -2.35. The van der Waals surface area contributed by atoms with E-state index in [1.54, 1.807) is 36.4 Å². The number of halogens is 1. The van der Waals surface area contributed by atoms with Crippen molar-refractivity contribution in [2.24, 2.45) is 0 Å². The van der Waals surface area contributed by atoms with Gasteiger partial charge in [0, 0.05) is 19.2 Å². The van der Waals surface area contributed by atoms with E-state index in [9.17, 15) is 9.18 Å². The van der Waals surface area contributed by atoms with E-state index in [1.807, 2.05) is 0 Å². The zero-order valence-electron chi connectivity index (χ0n) is 13.1. The molecule has 1 atom stereocenters. The third kappa shape index (κ3) is 4.45. The van der Waals surface area contributed by atoms with Crippen LogP contribution in [0.15, 0.2) is 48.5 Å². The van der Waals surface area contributed by atoms with Crippen molar-refractivity contribution < 1.29 is 18.7 Å². The van der Waals surface area contributed by atoms with Gasteiger partial charge in [0.1, 0.15) is 11.6 Å². The van der Waals surface area contributed by atoms with Crippen molar-refractivity contribution in [3.05, 3.63) is 54.3 Å². The third-order valence-corrected chi connectivity index (χ3v) is 3.67. The van der Waals surface area contributed by atoms with E-state index in [4.69, 9.17) is 9.47 Å². The lowest BCUT2D eigenvalue weighted by molar-refractivity contribution is 0.112. The van der Waals surface area contributed by atoms with Gasteiger partial charge in [-0.3, -0.25) is 0 Å². The quantitative estimate of drug-likeness (QED) is 0.873. The molecule has 0 spiro atoms. The first-order valence-electron chi connectivity index (χ1n) is 7.89. The first-order chi connectivity index (χ1) is 11.7. The van der Waals surface area contributed by atoms with Crippen LogP contribution >= 0.6 is 0 Å². The number of amides is 2. The van der Waals surface area contributed by atoms with Gasteiger partial charge < -0.3 is 20.1 Å². The summed E-state index contributed by atoms with van der Waals surface area (Å²) in [6.45, 7) is 1.22. The molecule has 1 fully saturated rings. The molecule has 2 N–H and O–H groups in total. The summed E-state index contributed by atoms with van der Waals surface area (Å²) in [4.78, 5) is 12.0. The second-order valence-corrected chi connectivity index (χ2v) is 5.53. The molecule has 0 aliphatic carbocycles. The maximum atomic E-state index is 13.3. The normalized spacial score (nSPS) is 16.6. The molecule has 1 heterocycles. The van der Waals surface area contributed by atoms with E-state index in [0.29, 0.717) is 23.7 Å². The number of hydrogen-bond acceptors (Lipinski definition) is 3. The van der Waals surface area contributed by atoms with Crippen LogP contribution in [0.5, 0.6) is 11.5 Å². The summed E-state index contributed by atoms with van der Waals surface area (Å²) in [5.41, 5.74) is 0.506. The van der Waals surface area contributed by atoms with Crippen LogP contribution in [0.2, 0.25) is 0 Å². The summed E-state index contributed by atoms with van der Waals surface area (Å²) in [6.07, 6.45) is 2.06. The van der Waals surface area contributed by atoms with Crippen molar-refractivity contribution in [1.82, 2.24) is 5.32 Å². The van der Waals surface area contributed by atoms with E-state index >= 15 is 0 Å². The SMILES string of the molecule is O=C(NCC1CCCO1)Nc1ccccc1Oc1cccc(F)c1. The van der Waals surface area contributed by atoms with Crippen LogP contribution in [0, 0.1) is 5.82 Å². The van der Waals surface area contributed by atoms with Gasteiger partial charge in [-0.05, 0) is 37.1 Å². The van der Waals surface area contributed by atoms with Crippen LogP contribution in [0.1, 0.15) is 12.8 Å². The fourth-order valence-corrected chi connectivity index (χ4v) is 2.49. The highest BCUT2D eigenvalue weighted by Gasteiger charge is 2.16. The number of carbonyl (C=O) groups excluding carboxylic acids is 1. The van der Waals surface area contributed by atoms with Crippen LogP contribution in [0.4, 0.5) is 14.9 Å². The van der Waals surface area contributed by atoms with Crippen molar-refractivity contribution in [3.63, 3.8) is 0 Å². The second-order valence-electron chi connectivity index (χ2n) is 5.53. The Hall–Kier alpha value is -2.60. The number of ether oxygens (including phenoxy) is 2. The lowest BCUT2D eigenvalue weighted by atomic mass is 10.2. The molecule has 1 saturated heterocycles. The first kappa shape index (κ1) is 16.3. The molecule has 5 nitrogen and oxygen atoms in total. The lowest BCUT2D eigenvalue weighted by Gasteiger charge is -2.14. The van der Waals surface area contributed by atoms with Crippen molar-refractivity contribution in [3.8, 4) is 11.5 Å². The highest BCUT2D eigenvalue weighted by atomic mass is 19.1. The number of benzene rings is 2. The molecule has 3 rings (SSSR count). The van der Waals surface area contributed by atoms with E-state index in [0.717, 1.165) is 19.4 Å². The molecule has 2 aromatic carbocycles. The zero-order valence-corrected chi connectivity index (χ0v) is 13.1. The number of hydrogen-bond donors (Lipinski definition) is 2. The van der Waals surface area contributed by atoms with Crippen LogP contribution in [-0.4, -0.2) is 25.3 Å². The molecule has 126 valence electrons. The number of nitrogens with one attached hydrogen (secondary N) is 2. The minimum absolute atomic E-state index is 0.0783. The molecule has 1 aliphatic heterocycles. The Morgan fingerprint density at radius 2 is 2.12 bits per heavy atom. The average Bonchev–Trinajstić information content (AvgIpc) is 3.08. The molecular formula is C18H19FN2O3. The Balaban J connectivity index is 1.61. The maximum absolute atomic E-state index is 13.3. The first-order valence-corrected chi connectivity index (χ1v) is 7.89. The van der Waals surface area contributed by atoms with Gasteiger partial charge in [-0.15, -0.1) is 0 Å². The molecule has 0 saturated carbocycles. The molecule has 1 aliphatic rings. The van der Waals surface area contributed by atoms with Gasteiger partial charge in [0.05, 0.1) is 11.8 Å². The number of carbonyl (C=O) groups is 1. The van der Waals surface area contributed by atoms with Gasteiger partial charge in [-0.1, -0.05) is 18.2 Å². The van der Waals surface area contributed by atoms with Crippen molar-refractivity contribution >= 4 is 11.7 Å². The van der Waals surface area contributed by atoms with Gasteiger partial charge in [-0.25, -0.2) is 9.18 Å². The zero-order chi connectivity index (χ0) is 16.8. The van der Waals surface area contributed by atoms with Gasteiger partial charge >= 0.3 is 6.03 Å². The third-order valence-electron chi connectivity index (χ3n) is 3.67. The van der Waals surface area contributed by atoms with Gasteiger partial charge in [0.2, 0.25) is 0 Å². The monoisotopic (exact) mass is 330 g/mol. The molecule has 2 amide bonds. The molecule has 2 aromatic rings. The minimum atomic E-state index is -0.382. The fraction of sp³-hybridized carbons (Fsp3) is 0.278. The molecule has 0 radical (unpaired) electrons. The van der Waals surface area contributed by atoms with Crippen LogP contribution in [0.25, 0.3) is 0 Å². The van der Waals surface area contributed by atoms with E-state index < -0.39 is 0 Å². The molecule has 0 aromatic heterocycles. The largest absolute Gasteiger partial charge is 0.455 e. The topological polar surface area (TPSA) is 59.6 Å². The van der Waals surface area contributed by atoms with Crippen LogP contribution in [0.3, 0.4) is 0 Å². The average molecular weight is 330 g/mol. The molecular weight excluding hydrogens is 311 g/mol. The highest BCUT2D eigenvalue weighted by Crippen LogP contribution is 2.29. The Morgan fingerprint density at radius 1 is 1.25 bits per heavy atom. The Labute approximate surface area is 139 Å². The summed E-state index contributed by atoms with van der Waals surface area (Å²) in [5, 5.41) is 5.53. The maximum Gasteiger partial charge on any atom is 0.319 e. The van der Waals surface area contributed by atoms with Gasteiger partial charge in [0.25, 0.3) is 0 Å². The van der Waals surface area contributed by atoms with Gasteiger partial charge in [0.15, 0.2) is 5.75 Å². The van der Waals surface area contributed by atoms with E-state index in [2.05, 4.69) is 10.6 Å². The van der Waals surface area contributed by atoms with E-state index in [1.165, 1.54) is 12.1 Å². The predicted octanol–water partition coefficient (Wildman–Crippen LogP) is 3.92. The molecule has 1 unspecified atom stereocenters. The van der Waals surface area contributed by atoms with Crippen LogP contribution < -0.4 is 15.4 Å². The van der Waals surface area contributed by atoms with Gasteiger partial charge in [-0.2, -0.15) is 0 Å². The Morgan fingerprint density at radius 3 is 2.92 bits per heavy atom. The smallest absolute Gasteiger partial charge is 0.319 e. The fourth-order valence-electron chi connectivity index (χ4n) is 2.49. The number of anilines is 1. The number of rotatable bonds is 5. The van der Waals surface area contributed by atoms with E-state index in [-0.39, 0.29) is 18.0 Å². The highest BCUT2D eigenvalue weighted by molar-refractivity contribution is 5.90. The summed E-state index contributed by atoms with van der Waals surface area (Å²) in [5.74, 6) is 0.423. The summed E-state index contributed by atoms with van der Waals surface area (Å²) in [7, 11) is 0. The molecule has 24 heavy (non-hydrogen) atoms. The predicted molar refractivity (Wildman–Crippen MR) is 88.9 cm³/mol. The Bertz CT molecular complexity index is 702. The summed E-state index contributed by atoms with van der Waals surface area (Å²) in [6, 6.07) is 12.5. The van der Waals surface area contributed by atoms with Crippen molar-refractivity contribution in [1.29, 1.82) is 0 Å². The number of urea groups is 1. The standard InChI is InChI=1S/C18H19FN2O3/c19-13-5-3-6-14(11-13)24-17-9-2-1-8-16(17)21-18(22)20-12-15-7-4-10-23-15/h1-3,5-6,8-9,11,15H,4,7,10,12H2,(H2,20,21,22). The second kappa shape index (κ2) is 7.79. The summed E-state index contributed by atoms with van der Waals surface area (Å²) < 4.78 is 24.4. The minimum Gasteiger partial charge on any atom is -0.455 e. The van der Waals surface area contributed by atoms with Crippen LogP contribution in [-0.2, 0) is 4.74 Å².